The Morgan fingerprint density at radius 3 is 2.79 bits per heavy atom. The van der Waals surface area contributed by atoms with E-state index in [-0.39, 0.29) is 5.92 Å². The minimum atomic E-state index is -0.674. The van der Waals surface area contributed by atoms with Gasteiger partial charge in [-0.05, 0) is 23.6 Å². The molecule has 0 radical (unpaired) electrons. The van der Waals surface area contributed by atoms with Gasteiger partial charge >= 0.3 is 0 Å². The van der Waals surface area contributed by atoms with Crippen molar-refractivity contribution in [3.05, 3.63) is 50.6 Å². The Morgan fingerprint density at radius 2 is 2.21 bits per heavy atom. The lowest BCUT2D eigenvalue weighted by atomic mass is 9.94. The van der Waals surface area contributed by atoms with Crippen LogP contribution in [-0.2, 0) is 0 Å². The molecule has 2 aromatic rings. The monoisotopic (exact) mass is 341 g/mol. The molecule has 0 spiro atoms. The van der Waals surface area contributed by atoms with Crippen molar-refractivity contribution in [2.75, 3.05) is 13.7 Å². The number of nitrogens with two attached hydrogens (primary N) is 1. The number of hydrogen-bond donors (Lipinski definition) is 2. The molecule has 5 heteroatoms. The highest BCUT2D eigenvalue weighted by Crippen LogP contribution is 2.37. The zero-order valence-electron chi connectivity index (χ0n) is 10.5. The first-order chi connectivity index (χ1) is 9.17. The largest absolute Gasteiger partial charge is 0.496 e. The lowest BCUT2D eigenvalue weighted by Crippen LogP contribution is -2.19. The van der Waals surface area contributed by atoms with E-state index in [0.717, 1.165) is 14.9 Å². The highest BCUT2D eigenvalue weighted by Gasteiger charge is 2.25. The summed E-state index contributed by atoms with van der Waals surface area (Å²) < 4.78 is 6.25. The molecule has 2 rings (SSSR count). The summed E-state index contributed by atoms with van der Waals surface area (Å²) in [5, 5.41) is 12.6. The Kier molecular flexibility index (Phi) is 4.99. The van der Waals surface area contributed by atoms with Gasteiger partial charge in [0.2, 0.25) is 0 Å². The van der Waals surface area contributed by atoms with Gasteiger partial charge in [0.1, 0.15) is 5.75 Å². The molecule has 0 aliphatic heterocycles. The van der Waals surface area contributed by atoms with Gasteiger partial charge in [-0.15, -0.1) is 11.3 Å². The summed E-state index contributed by atoms with van der Waals surface area (Å²) in [6.45, 7) is 0.390. The van der Waals surface area contributed by atoms with Crippen LogP contribution in [0, 0.1) is 0 Å². The quantitative estimate of drug-likeness (QED) is 0.877. The third-order valence-electron chi connectivity index (χ3n) is 3.06. The van der Waals surface area contributed by atoms with Crippen LogP contribution in [0.15, 0.2) is 40.2 Å². The SMILES string of the molecule is COc1cc(Br)ccc1C(O)C(CN)c1cccs1. The number of hydrogen-bond acceptors (Lipinski definition) is 4. The van der Waals surface area contributed by atoms with Gasteiger partial charge in [-0.3, -0.25) is 0 Å². The van der Waals surface area contributed by atoms with Crippen molar-refractivity contribution in [1.29, 1.82) is 0 Å². The van der Waals surface area contributed by atoms with E-state index in [0.29, 0.717) is 12.3 Å². The summed E-state index contributed by atoms with van der Waals surface area (Å²) in [5.41, 5.74) is 6.58. The van der Waals surface area contributed by atoms with Gasteiger partial charge < -0.3 is 15.6 Å². The van der Waals surface area contributed by atoms with E-state index in [4.69, 9.17) is 10.5 Å². The number of aliphatic hydroxyl groups excluding tert-OH is 1. The lowest BCUT2D eigenvalue weighted by Gasteiger charge is -2.22. The van der Waals surface area contributed by atoms with Gasteiger partial charge in [0.25, 0.3) is 0 Å². The van der Waals surface area contributed by atoms with Crippen LogP contribution in [0.5, 0.6) is 5.75 Å². The normalized spacial score (nSPS) is 14.1. The van der Waals surface area contributed by atoms with Gasteiger partial charge in [-0.25, -0.2) is 0 Å². The molecular formula is C14H16BrNO2S. The molecule has 19 heavy (non-hydrogen) atoms. The number of halogens is 1. The van der Waals surface area contributed by atoms with E-state index in [1.165, 1.54) is 0 Å². The molecule has 102 valence electrons. The average molecular weight is 342 g/mol. The molecule has 1 aromatic heterocycles. The molecule has 3 N–H and O–H groups in total. The van der Waals surface area contributed by atoms with Crippen LogP contribution in [-0.4, -0.2) is 18.8 Å². The van der Waals surface area contributed by atoms with E-state index in [9.17, 15) is 5.11 Å². The smallest absolute Gasteiger partial charge is 0.125 e. The number of thiophene rings is 1. The molecule has 2 atom stereocenters. The molecule has 0 aliphatic rings. The standard InChI is InChI=1S/C14H16BrNO2S/c1-18-12-7-9(15)4-5-10(12)14(17)11(8-16)13-3-2-6-19-13/h2-7,11,14,17H,8,16H2,1H3. The van der Waals surface area contributed by atoms with Gasteiger partial charge in [0.15, 0.2) is 0 Å². The molecule has 3 nitrogen and oxygen atoms in total. The Hall–Kier alpha value is -0.880. The molecule has 0 saturated heterocycles. The highest BCUT2D eigenvalue weighted by atomic mass is 79.9. The van der Waals surface area contributed by atoms with Crippen LogP contribution in [0.3, 0.4) is 0 Å². The van der Waals surface area contributed by atoms with Crippen LogP contribution >= 0.6 is 27.3 Å². The fourth-order valence-electron chi connectivity index (χ4n) is 2.05. The van der Waals surface area contributed by atoms with Crippen molar-refractivity contribution in [2.45, 2.75) is 12.0 Å². The molecule has 1 aromatic carbocycles. The Morgan fingerprint density at radius 1 is 1.42 bits per heavy atom. The van der Waals surface area contributed by atoms with Crippen molar-refractivity contribution in [3.8, 4) is 5.75 Å². The lowest BCUT2D eigenvalue weighted by molar-refractivity contribution is 0.145. The van der Waals surface area contributed by atoms with Gasteiger partial charge in [0, 0.05) is 27.4 Å². The molecule has 0 bridgehead atoms. The summed E-state index contributed by atoms with van der Waals surface area (Å²) in [7, 11) is 1.60. The van der Waals surface area contributed by atoms with E-state index >= 15 is 0 Å². The number of methoxy groups -OCH3 is 1. The van der Waals surface area contributed by atoms with Crippen LogP contribution in [0.1, 0.15) is 22.5 Å². The first kappa shape index (κ1) is 14.5. The molecule has 0 fully saturated rings. The minimum absolute atomic E-state index is 0.116. The van der Waals surface area contributed by atoms with Crippen molar-refractivity contribution in [1.82, 2.24) is 0 Å². The molecule has 2 unspecified atom stereocenters. The topological polar surface area (TPSA) is 55.5 Å². The van der Waals surface area contributed by atoms with E-state index in [2.05, 4.69) is 15.9 Å². The van der Waals surface area contributed by atoms with Crippen molar-refractivity contribution >= 4 is 27.3 Å². The Labute approximate surface area is 125 Å². The Balaban J connectivity index is 2.34. The van der Waals surface area contributed by atoms with Crippen molar-refractivity contribution < 1.29 is 9.84 Å². The third kappa shape index (κ3) is 3.17. The predicted octanol–water partition coefficient (Wildman–Crippen LogP) is 3.30. The molecular weight excluding hydrogens is 326 g/mol. The fraction of sp³-hybridized carbons (Fsp3) is 0.286. The molecule has 0 saturated carbocycles. The minimum Gasteiger partial charge on any atom is -0.496 e. The average Bonchev–Trinajstić information content (AvgIpc) is 2.93. The first-order valence-corrected chi connectivity index (χ1v) is 7.59. The maximum Gasteiger partial charge on any atom is 0.125 e. The predicted molar refractivity (Wildman–Crippen MR) is 81.8 cm³/mol. The van der Waals surface area contributed by atoms with Crippen LogP contribution in [0.2, 0.25) is 0 Å². The maximum atomic E-state index is 10.6. The summed E-state index contributed by atoms with van der Waals surface area (Å²) in [5.74, 6) is 0.548. The van der Waals surface area contributed by atoms with Crippen LogP contribution < -0.4 is 10.5 Å². The maximum absolute atomic E-state index is 10.6. The van der Waals surface area contributed by atoms with Gasteiger partial charge in [-0.1, -0.05) is 28.1 Å². The number of rotatable bonds is 5. The second-order valence-electron chi connectivity index (χ2n) is 4.19. The van der Waals surface area contributed by atoms with Gasteiger partial charge in [-0.2, -0.15) is 0 Å². The van der Waals surface area contributed by atoms with E-state index in [1.54, 1.807) is 18.4 Å². The summed E-state index contributed by atoms with van der Waals surface area (Å²) >= 11 is 5.00. The van der Waals surface area contributed by atoms with Gasteiger partial charge in [0.05, 0.1) is 13.2 Å². The molecule has 1 heterocycles. The Bertz CT molecular complexity index is 530. The zero-order chi connectivity index (χ0) is 13.8. The summed E-state index contributed by atoms with van der Waals surface area (Å²) in [4.78, 5) is 1.08. The highest BCUT2D eigenvalue weighted by molar-refractivity contribution is 9.10. The second-order valence-corrected chi connectivity index (χ2v) is 6.08. The summed E-state index contributed by atoms with van der Waals surface area (Å²) in [6.07, 6.45) is -0.674. The van der Waals surface area contributed by atoms with E-state index < -0.39 is 6.10 Å². The number of ether oxygens (including phenoxy) is 1. The third-order valence-corrected chi connectivity index (χ3v) is 4.56. The number of aliphatic hydroxyl groups is 1. The van der Waals surface area contributed by atoms with Crippen LogP contribution in [0.4, 0.5) is 0 Å². The van der Waals surface area contributed by atoms with Crippen molar-refractivity contribution in [3.63, 3.8) is 0 Å². The second kappa shape index (κ2) is 6.52. The number of benzene rings is 1. The van der Waals surface area contributed by atoms with E-state index in [1.807, 2.05) is 35.7 Å². The fourth-order valence-corrected chi connectivity index (χ4v) is 3.26. The molecule has 0 aliphatic carbocycles. The zero-order valence-corrected chi connectivity index (χ0v) is 12.9. The first-order valence-electron chi connectivity index (χ1n) is 5.92. The molecule has 0 amide bonds. The summed E-state index contributed by atoms with van der Waals surface area (Å²) in [6, 6.07) is 9.57. The van der Waals surface area contributed by atoms with Crippen molar-refractivity contribution in [2.24, 2.45) is 5.73 Å². The van der Waals surface area contributed by atoms with Crippen LogP contribution in [0.25, 0.3) is 0 Å².